The monoisotopic (exact) mass is 202 g/mol. The topological polar surface area (TPSA) is 32.3 Å². The van der Waals surface area contributed by atoms with E-state index in [1.807, 2.05) is 23.7 Å². The van der Waals surface area contributed by atoms with Gasteiger partial charge in [0.05, 0.1) is 6.04 Å². The average molecular weight is 202 g/mol. The van der Waals surface area contributed by atoms with E-state index in [0.29, 0.717) is 5.25 Å². The maximum absolute atomic E-state index is 11.6. The number of nitrogens with zero attached hydrogens (tertiary/aromatic N) is 1. The van der Waals surface area contributed by atoms with Gasteiger partial charge in [0.15, 0.2) is 0 Å². The Labute approximate surface area is 84.2 Å². The third kappa shape index (κ3) is 2.61. The minimum Gasteiger partial charge on any atom is -0.340 e. The highest BCUT2D eigenvalue weighted by molar-refractivity contribution is 7.99. The number of hydrogen-bond acceptors (Lipinski definition) is 3. The molecule has 1 amide bonds. The lowest BCUT2D eigenvalue weighted by Gasteiger charge is -2.19. The quantitative estimate of drug-likeness (QED) is 0.723. The van der Waals surface area contributed by atoms with Crippen LogP contribution in [0.25, 0.3) is 0 Å². The fraction of sp³-hybridized carbons (Fsp3) is 0.889. The molecule has 1 fully saturated rings. The molecule has 4 heteroatoms. The van der Waals surface area contributed by atoms with E-state index < -0.39 is 0 Å². The van der Waals surface area contributed by atoms with Gasteiger partial charge in [0, 0.05) is 18.3 Å². The molecule has 1 aliphatic heterocycles. The van der Waals surface area contributed by atoms with Crippen LogP contribution >= 0.6 is 11.8 Å². The van der Waals surface area contributed by atoms with Crippen molar-refractivity contribution in [2.75, 3.05) is 26.4 Å². The van der Waals surface area contributed by atoms with Gasteiger partial charge in [0.25, 0.3) is 0 Å². The zero-order chi connectivity index (χ0) is 9.84. The first-order valence-corrected chi connectivity index (χ1v) is 5.96. The van der Waals surface area contributed by atoms with Gasteiger partial charge in [0.1, 0.15) is 0 Å². The maximum Gasteiger partial charge on any atom is 0.239 e. The summed E-state index contributed by atoms with van der Waals surface area (Å²) in [4.78, 5) is 13.6. The molecule has 2 unspecified atom stereocenters. The molecule has 0 bridgehead atoms. The summed E-state index contributed by atoms with van der Waals surface area (Å²) < 4.78 is 0. The van der Waals surface area contributed by atoms with Crippen LogP contribution in [-0.4, -0.2) is 48.5 Å². The van der Waals surface area contributed by atoms with E-state index in [0.717, 1.165) is 19.5 Å². The highest BCUT2D eigenvalue weighted by Crippen LogP contribution is 2.14. The van der Waals surface area contributed by atoms with Gasteiger partial charge in [-0.15, -0.1) is 0 Å². The zero-order valence-corrected chi connectivity index (χ0v) is 9.36. The van der Waals surface area contributed by atoms with Gasteiger partial charge in [-0.3, -0.25) is 4.79 Å². The molecule has 1 N–H and O–H groups in total. The first kappa shape index (κ1) is 10.9. The van der Waals surface area contributed by atoms with Crippen molar-refractivity contribution in [2.24, 2.45) is 0 Å². The molecule has 0 spiro atoms. The molecular formula is C9H18N2OS. The van der Waals surface area contributed by atoms with Crippen LogP contribution in [0.1, 0.15) is 13.3 Å². The molecule has 0 aromatic rings. The fourth-order valence-corrected chi connectivity index (χ4v) is 1.90. The first-order chi connectivity index (χ1) is 6.19. The summed E-state index contributed by atoms with van der Waals surface area (Å²) in [5.41, 5.74) is 0. The molecule has 76 valence electrons. The van der Waals surface area contributed by atoms with Gasteiger partial charge in [-0.1, -0.05) is 6.92 Å². The Balaban J connectivity index is 2.41. The molecule has 0 aromatic carbocycles. The summed E-state index contributed by atoms with van der Waals surface area (Å²) >= 11 is 1.81. The Hall–Kier alpha value is -0.220. The maximum atomic E-state index is 11.6. The van der Waals surface area contributed by atoms with Crippen LogP contribution in [0.4, 0.5) is 0 Å². The number of thioether (sulfide) groups is 1. The molecule has 0 saturated carbocycles. The minimum absolute atomic E-state index is 0.0639. The second kappa shape index (κ2) is 4.86. The lowest BCUT2D eigenvalue weighted by Crippen LogP contribution is -2.38. The predicted octanol–water partition coefficient (Wildman–Crippen LogP) is 0.558. The van der Waals surface area contributed by atoms with Crippen molar-refractivity contribution in [1.82, 2.24) is 10.2 Å². The lowest BCUT2D eigenvalue weighted by molar-refractivity contribution is -0.129. The summed E-state index contributed by atoms with van der Waals surface area (Å²) in [7, 11) is 1.85. The number of rotatable bonds is 4. The van der Waals surface area contributed by atoms with E-state index in [-0.39, 0.29) is 11.9 Å². The van der Waals surface area contributed by atoms with Crippen molar-refractivity contribution in [1.29, 1.82) is 0 Å². The molecule has 1 heterocycles. The normalized spacial score (nSPS) is 25.3. The minimum atomic E-state index is 0.0639. The number of hydrogen-bond donors (Lipinski definition) is 1. The van der Waals surface area contributed by atoms with E-state index >= 15 is 0 Å². The molecule has 1 saturated heterocycles. The molecule has 1 aliphatic rings. The van der Waals surface area contributed by atoms with Gasteiger partial charge in [-0.05, 0) is 19.7 Å². The average Bonchev–Trinajstić information content (AvgIpc) is 2.48. The zero-order valence-electron chi connectivity index (χ0n) is 8.54. The van der Waals surface area contributed by atoms with E-state index in [2.05, 4.69) is 18.5 Å². The molecule has 0 radical (unpaired) electrons. The van der Waals surface area contributed by atoms with E-state index in [1.165, 1.54) is 0 Å². The van der Waals surface area contributed by atoms with Crippen LogP contribution in [0.5, 0.6) is 0 Å². The van der Waals surface area contributed by atoms with Gasteiger partial charge >= 0.3 is 0 Å². The van der Waals surface area contributed by atoms with E-state index in [9.17, 15) is 4.79 Å². The summed E-state index contributed by atoms with van der Waals surface area (Å²) in [6.45, 7) is 3.96. The van der Waals surface area contributed by atoms with Crippen molar-refractivity contribution in [3.05, 3.63) is 0 Å². The van der Waals surface area contributed by atoms with Gasteiger partial charge in [0.2, 0.25) is 5.91 Å². The summed E-state index contributed by atoms with van der Waals surface area (Å²) in [5.74, 6) is 0.267. The molecule has 1 rings (SSSR count). The molecule has 0 aromatic heterocycles. The Bertz CT molecular complexity index is 186. The molecule has 13 heavy (non-hydrogen) atoms. The third-order valence-corrected chi connectivity index (χ3v) is 3.48. The standard InChI is InChI=1S/C9H18N2OS/c1-7(13-3)6-11-5-4-8(10-2)9(11)12/h7-8,10H,4-6H2,1-3H3. The number of amides is 1. The Morgan fingerprint density at radius 2 is 2.46 bits per heavy atom. The number of likely N-dealkylation sites (N-methyl/N-ethyl adjacent to an activating group) is 1. The van der Waals surface area contributed by atoms with Crippen molar-refractivity contribution >= 4 is 17.7 Å². The van der Waals surface area contributed by atoms with Crippen LogP contribution in [0.3, 0.4) is 0 Å². The van der Waals surface area contributed by atoms with Crippen LogP contribution < -0.4 is 5.32 Å². The highest BCUT2D eigenvalue weighted by atomic mass is 32.2. The van der Waals surface area contributed by atoms with Gasteiger partial charge in [-0.25, -0.2) is 0 Å². The summed E-state index contributed by atoms with van der Waals surface area (Å²) in [6.07, 6.45) is 3.04. The molecular weight excluding hydrogens is 184 g/mol. The third-order valence-electron chi connectivity index (χ3n) is 2.53. The van der Waals surface area contributed by atoms with Crippen molar-refractivity contribution in [3.8, 4) is 0 Å². The van der Waals surface area contributed by atoms with Crippen LogP contribution in [-0.2, 0) is 4.79 Å². The number of likely N-dealkylation sites (tertiary alicyclic amines) is 1. The second-order valence-corrected chi connectivity index (χ2v) is 4.74. The number of carbonyl (C=O) groups is 1. The Morgan fingerprint density at radius 3 is 2.92 bits per heavy atom. The first-order valence-electron chi connectivity index (χ1n) is 4.68. The van der Waals surface area contributed by atoms with Gasteiger partial charge < -0.3 is 10.2 Å². The molecule has 2 atom stereocenters. The summed E-state index contributed by atoms with van der Waals surface area (Å²) in [6, 6.07) is 0.0639. The largest absolute Gasteiger partial charge is 0.340 e. The predicted molar refractivity (Wildman–Crippen MR) is 57.0 cm³/mol. The van der Waals surface area contributed by atoms with Crippen molar-refractivity contribution < 1.29 is 4.79 Å². The molecule has 3 nitrogen and oxygen atoms in total. The Morgan fingerprint density at radius 1 is 1.77 bits per heavy atom. The number of carbonyl (C=O) groups excluding carboxylic acids is 1. The van der Waals surface area contributed by atoms with Crippen LogP contribution in [0.15, 0.2) is 0 Å². The Kier molecular flexibility index (Phi) is 4.06. The highest BCUT2D eigenvalue weighted by Gasteiger charge is 2.30. The van der Waals surface area contributed by atoms with Crippen LogP contribution in [0.2, 0.25) is 0 Å². The fourth-order valence-electron chi connectivity index (χ4n) is 1.57. The smallest absolute Gasteiger partial charge is 0.239 e. The van der Waals surface area contributed by atoms with Crippen LogP contribution in [0, 0.1) is 0 Å². The molecule has 0 aliphatic carbocycles. The van der Waals surface area contributed by atoms with Crippen molar-refractivity contribution in [2.45, 2.75) is 24.6 Å². The van der Waals surface area contributed by atoms with E-state index in [4.69, 9.17) is 0 Å². The van der Waals surface area contributed by atoms with Crippen molar-refractivity contribution in [3.63, 3.8) is 0 Å². The lowest BCUT2D eigenvalue weighted by atomic mass is 10.3. The number of nitrogens with one attached hydrogen (secondary N) is 1. The van der Waals surface area contributed by atoms with E-state index in [1.54, 1.807) is 0 Å². The second-order valence-electron chi connectivity index (χ2n) is 3.46. The summed E-state index contributed by atoms with van der Waals surface area (Å²) in [5, 5.41) is 3.58. The SMILES string of the molecule is CNC1CCN(CC(C)SC)C1=O. The van der Waals surface area contributed by atoms with Gasteiger partial charge in [-0.2, -0.15) is 11.8 Å².